The fourth-order valence-electron chi connectivity index (χ4n) is 4.40. The maximum atomic E-state index is 13.0. The topological polar surface area (TPSA) is 108 Å². The van der Waals surface area contributed by atoms with Gasteiger partial charge in [-0.3, -0.25) is 14.4 Å². The molecule has 3 heterocycles. The Labute approximate surface area is 203 Å². The van der Waals surface area contributed by atoms with Crippen LogP contribution >= 0.6 is 11.3 Å². The predicted octanol–water partition coefficient (Wildman–Crippen LogP) is 2.55. The van der Waals surface area contributed by atoms with Crippen molar-refractivity contribution in [1.82, 2.24) is 25.3 Å². The van der Waals surface area contributed by atoms with Crippen molar-refractivity contribution in [2.75, 3.05) is 44.6 Å². The molecule has 2 fully saturated rings. The van der Waals surface area contributed by atoms with Gasteiger partial charge in [0.25, 0.3) is 11.8 Å². The zero-order chi connectivity index (χ0) is 23.9. The highest BCUT2D eigenvalue weighted by Gasteiger charge is 2.31. The van der Waals surface area contributed by atoms with Gasteiger partial charge in [-0.1, -0.05) is 35.5 Å². The first kappa shape index (κ1) is 24.3. The molecule has 0 saturated carbocycles. The Hall–Kier alpha value is -2.85. The molecule has 4 rings (SSSR count). The van der Waals surface area contributed by atoms with E-state index in [1.807, 2.05) is 31.2 Å². The first-order valence-corrected chi connectivity index (χ1v) is 12.8. The third-order valence-corrected chi connectivity index (χ3v) is 7.28. The lowest BCUT2D eigenvalue weighted by atomic mass is 9.97. The van der Waals surface area contributed by atoms with Gasteiger partial charge in [-0.25, -0.2) is 0 Å². The van der Waals surface area contributed by atoms with Crippen molar-refractivity contribution in [3.63, 3.8) is 0 Å². The van der Waals surface area contributed by atoms with Crippen LogP contribution in [0.2, 0.25) is 0 Å². The average Bonchev–Trinajstić information content (AvgIpc) is 3.36. The second kappa shape index (κ2) is 11.5. The maximum absolute atomic E-state index is 13.0. The van der Waals surface area contributed by atoms with Crippen LogP contribution in [0.3, 0.4) is 0 Å². The Morgan fingerprint density at radius 1 is 1.00 bits per heavy atom. The van der Waals surface area contributed by atoms with Crippen molar-refractivity contribution in [3.8, 4) is 0 Å². The second-order valence-electron chi connectivity index (χ2n) is 9.02. The number of hydrogen-bond acceptors (Lipinski definition) is 7. The monoisotopic (exact) mass is 484 g/mol. The van der Waals surface area contributed by atoms with Crippen molar-refractivity contribution < 1.29 is 14.4 Å². The van der Waals surface area contributed by atoms with E-state index in [1.54, 1.807) is 4.90 Å². The molecule has 34 heavy (non-hydrogen) atoms. The number of aryl methyl sites for hydroxylation is 1. The van der Waals surface area contributed by atoms with E-state index in [0.717, 1.165) is 49.4 Å². The quantitative estimate of drug-likeness (QED) is 0.625. The molecule has 2 aromatic rings. The minimum atomic E-state index is -0.398. The number of hydrogen-bond donors (Lipinski definition) is 2. The van der Waals surface area contributed by atoms with E-state index < -0.39 is 5.91 Å². The molecule has 0 aliphatic carbocycles. The van der Waals surface area contributed by atoms with Crippen LogP contribution in [0.5, 0.6) is 0 Å². The van der Waals surface area contributed by atoms with Crippen LogP contribution in [0.1, 0.15) is 57.3 Å². The number of anilines is 1. The van der Waals surface area contributed by atoms with Crippen LogP contribution in [-0.4, -0.2) is 77.0 Å². The molecule has 0 spiro atoms. The molecule has 2 aliphatic heterocycles. The number of aromatic nitrogens is 2. The number of carbonyl (C=O) groups is 3. The van der Waals surface area contributed by atoms with Crippen LogP contribution in [0.4, 0.5) is 5.69 Å². The van der Waals surface area contributed by atoms with Gasteiger partial charge in [0, 0.05) is 31.9 Å². The van der Waals surface area contributed by atoms with E-state index >= 15 is 0 Å². The van der Waals surface area contributed by atoms with Gasteiger partial charge in [0.1, 0.15) is 0 Å². The Balaban J connectivity index is 1.27. The second-order valence-corrected chi connectivity index (χ2v) is 9.99. The molecular weight excluding hydrogens is 452 g/mol. The summed E-state index contributed by atoms with van der Waals surface area (Å²) in [6.45, 7) is 6.62. The van der Waals surface area contributed by atoms with Gasteiger partial charge in [-0.15, -0.1) is 10.2 Å². The molecule has 182 valence electrons. The molecular formula is C24H32N6O3S. The molecule has 10 heteroatoms. The Morgan fingerprint density at radius 2 is 1.74 bits per heavy atom. The number of piperidine rings is 2. The van der Waals surface area contributed by atoms with Crippen molar-refractivity contribution in [2.45, 2.75) is 39.0 Å². The minimum absolute atomic E-state index is 0.00457. The Morgan fingerprint density at radius 3 is 2.50 bits per heavy atom. The fourth-order valence-corrected chi connectivity index (χ4v) is 5.10. The van der Waals surface area contributed by atoms with E-state index in [2.05, 4.69) is 25.7 Å². The summed E-state index contributed by atoms with van der Waals surface area (Å²) in [6.07, 6.45) is 5.28. The van der Waals surface area contributed by atoms with E-state index in [9.17, 15) is 14.4 Å². The number of likely N-dealkylation sites (tertiary alicyclic amines) is 2. The van der Waals surface area contributed by atoms with Crippen molar-refractivity contribution in [3.05, 3.63) is 39.8 Å². The van der Waals surface area contributed by atoms with Gasteiger partial charge in [-0.05, 0) is 57.8 Å². The SMILES string of the molecule is Cc1ccc(NC(=O)c2nnc(C(=O)N3CCC[C@@H](C(=O)NCCN4CCCCC4)C3)s2)cc1. The summed E-state index contributed by atoms with van der Waals surface area (Å²) < 4.78 is 0. The lowest BCUT2D eigenvalue weighted by Gasteiger charge is -2.32. The highest BCUT2D eigenvalue weighted by Crippen LogP contribution is 2.21. The molecule has 3 amide bonds. The summed E-state index contributed by atoms with van der Waals surface area (Å²) in [5.41, 5.74) is 1.75. The fraction of sp³-hybridized carbons (Fsp3) is 0.542. The summed E-state index contributed by atoms with van der Waals surface area (Å²) in [4.78, 5) is 42.2. The summed E-state index contributed by atoms with van der Waals surface area (Å²) in [6, 6.07) is 7.43. The largest absolute Gasteiger partial charge is 0.355 e. The number of nitrogens with zero attached hydrogens (tertiary/aromatic N) is 4. The number of nitrogens with one attached hydrogen (secondary N) is 2. The lowest BCUT2D eigenvalue weighted by molar-refractivity contribution is -0.126. The molecule has 1 atom stereocenters. The lowest BCUT2D eigenvalue weighted by Crippen LogP contribution is -2.46. The minimum Gasteiger partial charge on any atom is -0.355 e. The van der Waals surface area contributed by atoms with Crippen LogP contribution < -0.4 is 10.6 Å². The third kappa shape index (κ3) is 6.38. The van der Waals surface area contributed by atoms with E-state index in [4.69, 9.17) is 0 Å². The average molecular weight is 485 g/mol. The van der Waals surface area contributed by atoms with Gasteiger partial charge in [-0.2, -0.15) is 0 Å². The predicted molar refractivity (Wildman–Crippen MR) is 131 cm³/mol. The van der Waals surface area contributed by atoms with E-state index in [-0.39, 0.29) is 27.7 Å². The van der Waals surface area contributed by atoms with Gasteiger partial charge >= 0.3 is 0 Å². The van der Waals surface area contributed by atoms with Crippen LogP contribution in [-0.2, 0) is 4.79 Å². The molecule has 2 saturated heterocycles. The van der Waals surface area contributed by atoms with Crippen LogP contribution in [0.25, 0.3) is 0 Å². The van der Waals surface area contributed by atoms with Gasteiger partial charge < -0.3 is 20.4 Å². The number of amides is 3. The number of benzene rings is 1. The van der Waals surface area contributed by atoms with Crippen molar-refractivity contribution >= 4 is 34.7 Å². The summed E-state index contributed by atoms with van der Waals surface area (Å²) >= 11 is 0.973. The molecule has 9 nitrogen and oxygen atoms in total. The van der Waals surface area contributed by atoms with Crippen molar-refractivity contribution in [2.24, 2.45) is 5.92 Å². The summed E-state index contributed by atoms with van der Waals surface area (Å²) in [5.74, 6) is -0.899. The molecule has 1 aromatic heterocycles. The van der Waals surface area contributed by atoms with Gasteiger partial charge in [0.2, 0.25) is 15.9 Å². The molecule has 2 aliphatic rings. The smallest absolute Gasteiger partial charge is 0.286 e. The molecule has 2 N–H and O–H groups in total. The van der Waals surface area contributed by atoms with Gasteiger partial charge in [0.05, 0.1) is 5.92 Å². The zero-order valence-corrected chi connectivity index (χ0v) is 20.4. The number of carbonyl (C=O) groups excluding carboxylic acids is 3. The van der Waals surface area contributed by atoms with Crippen LogP contribution in [0.15, 0.2) is 24.3 Å². The molecule has 0 bridgehead atoms. The van der Waals surface area contributed by atoms with E-state index in [1.165, 1.54) is 19.3 Å². The van der Waals surface area contributed by atoms with Crippen molar-refractivity contribution in [1.29, 1.82) is 0 Å². The Bertz CT molecular complexity index is 1000. The zero-order valence-electron chi connectivity index (χ0n) is 19.6. The summed E-state index contributed by atoms with van der Waals surface area (Å²) in [7, 11) is 0. The highest BCUT2D eigenvalue weighted by molar-refractivity contribution is 7.15. The maximum Gasteiger partial charge on any atom is 0.286 e. The first-order valence-electron chi connectivity index (χ1n) is 12.0. The van der Waals surface area contributed by atoms with Gasteiger partial charge in [0.15, 0.2) is 0 Å². The third-order valence-electron chi connectivity index (χ3n) is 6.37. The first-order chi connectivity index (χ1) is 16.5. The molecule has 1 aromatic carbocycles. The highest BCUT2D eigenvalue weighted by atomic mass is 32.1. The summed E-state index contributed by atoms with van der Waals surface area (Å²) in [5, 5.41) is 14.0. The standard InChI is InChI=1S/C24H32N6O3S/c1-17-7-9-19(10-8-17)26-21(32)22-27-28-23(34-22)24(33)30-14-5-6-18(16-30)20(31)25-11-15-29-12-3-2-4-13-29/h7-10,18H,2-6,11-16H2,1H3,(H,25,31)(H,26,32)/t18-/m1/s1. The Kier molecular flexibility index (Phi) is 8.23. The number of rotatable bonds is 7. The normalized spacial score (nSPS) is 19.0. The van der Waals surface area contributed by atoms with Crippen LogP contribution in [0, 0.1) is 12.8 Å². The molecule has 0 radical (unpaired) electrons. The molecule has 0 unspecified atom stereocenters. The van der Waals surface area contributed by atoms with E-state index in [0.29, 0.717) is 25.3 Å².